The number of aromatic nitrogens is 4. The summed E-state index contributed by atoms with van der Waals surface area (Å²) in [6, 6.07) is 3.03. The zero-order chi connectivity index (χ0) is 19.4. The van der Waals surface area contributed by atoms with Crippen molar-refractivity contribution in [3.8, 4) is 0 Å². The van der Waals surface area contributed by atoms with Crippen molar-refractivity contribution < 1.29 is 13.5 Å². The van der Waals surface area contributed by atoms with Crippen LogP contribution in [0.15, 0.2) is 24.4 Å². The van der Waals surface area contributed by atoms with Crippen LogP contribution in [-0.2, 0) is 17.8 Å². The van der Waals surface area contributed by atoms with Gasteiger partial charge in [-0.15, -0.1) is 5.10 Å². The third-order valence-corrected chi connectivity index (χ3v) is 5.57. The Kier molecular flexibility index (Phi) is 4.11. The van der Waals surface area contributed by atoms with Gasteiger partial charge in [-0.1, -0.05) is 0 Å². The van der Waals surface area contributed by atoms with Crippen LogP contribution in [0.4, 0.5) is 8.78 Å². The molecule has 2 aliphatic rings. The highest BCUT2D eigenvalue weighted by atomic mass is 19.1. The number of nitrogens with zero attached hydrogens (tertiary/aromatic N) is 5. The maximum Gasteiger partial charge on any atom is 0.252 e. The summed E-state index contributed by atoms with van der Waals surface area (Å²) in [5.41, 5.74) is 8.65. The third kappa shape index (κ3) is 2.86. The molecular formula is C19H20F2N6O. The van der Waals surface area contributed by atoms with E-state index < -0.39 is 23.8 Å². The molecule has 0 spiro atoms. The standard InChI is InChI=1S/C19H20F2N6O/c1-10-24-19-23-6-11-7-26(8-17(11)27(19)25-10)13-5-16(22)18(28-9-13)14-4-12(20)2-3-15(14)21/h2-4,6,13,16,18H,5,7-9,22H2,1H3/t13-,16?,18?/m1/s1. The summed E-state index contributed by atoms with van der Waals surface area (Å²) in [4.78, 5) is 10.9. The number of benzene rings is 1. The van der Waals surface area contributed by atoms with Crippen LogP contribution in [-0.4, -0.2) is 43.2 Å². The van der Waals surface area contributed by atoms with E-state index in [1.807, 2.05) is 13.1 Å². The fourth-order valence-electron chi connectivity index (χ4n) is 4.19. The molecule has 1 saturated heterocycles. The van der Waals surface area contributed by atoms with E-state index in [9.17, 15) is 8.78 Å². The van der Waals surface area contributed by atoms with Gasteiger partial charge in [0.15, 0.2) is 0 Å². The van der Waals surface area contributed by atoms with E-state index in [0.29, 0.717) is 31.2 Å². The monoisotopic (exact) mass is 386 g/mol. The highest BCUT2D eigenvalue weighted by Crippen LogP contribution is 2.34. The van der Waals surface area contributed by atoms with Gasteiger partial charge < -0.3 is 10.5 Å². The van der Waals surface area contributed by atoms with E-state index in [-0.39, 0.29) is 11.6 Å². The maximum absolute atomic E-state index is 14.1. The van der Waals surface area contributed by atoms with Gasteiger partial charge >= 0.3 is 0 Å². The third-order valence-electron chi connectivity index (χ3n) is 5.57. The van der Waals surface area contributed by atoms with E-state index in [1.165, 1.54) is 6.07 Å². The molecule has 0 amide bonds. The van der Waals surface area contributed by atoms with Gasteiger partial charge in [0, 0.05) is 42.5 Å². The van der Waals surface area contributed by atoms with Crippen molar-refractivity contribution in [1.82, 2.24) is 24.5 Å². The minimum atomic E-state index is -0.650. The zero-order valence-electron chi connectivity index (χ0n) is 15.3. The van der Waals surface area contributed by atoms with Crippen LogP contribution in [0.2, 0.25) is 0 Å². The summed E-state index contributed by atoms with van der Waals surface area (Å²) in [6.07, 6.45) is 1.82. The second-order valence-corrected chi connectivity index (χ2v) is 7.48. The first-order chi connectivity index (χ1) is 13.5. The molecule has 2 unspecified atom stereocenters. The molecule has 3 atom stereocenters. The number of hydrogen-bond acceptors (Lipinski definition) is 6. The molecule has 5 rings (SSSR count). The van der Waals surface area contributed by atoms with E-state index >= 15 is 0 Å². The Balaban J connectivity index is 1.34. The summed E-state index contributed by atoms with van der Waals surface area (Å²) < 4.78 is 35.4. The minimum absolute atomic E-state index is 0.0786. The normalized spacial score (nSPS) is 25.4. The van der Waals surface area contributed by atoms with Crippen molar-refractivity contribution in [3.05, 3.63) is 58.7 Å². The summed E-state index contributed by atoms with van der Waals surface area (Å²) in [5.74, 6) is 0.284. The number of fused-ring (bicyclic) bond motifs is 3. The van der Waals surface area contributed by atoms with Crippen LogP contribution in [0.3, 0.4) is 0 Å². The SMILES string of the molecule is Cc1nc2ncc3c(n2n1)CN([C@H]1COC(c2cc(F)ccc2F)C(N)C1)C3. The Morgan fingerprint density at radius 3 is 2.93 bits per heavy atom. The summed E-state index contributed by atoms with van der Waals surface area (Å²) in [7, 11) is 0. The van der Waals surface area contributed by atoms with Crippen molar-refractivity contribution in [2.45, 2.75) is 44.6 Å². The second kappa shape index (κ2) is 6.54. The predicted molar refractivity (Wildman–Crippen MR) is 96.2 cm³/mol. The Bertz CT molecular complexity index is 1050. The average Bonchev–Trinajstić information content (AvgIpc) is 3.26. The smallest absolute Gasteiger partial charge is 0.252 e. The molecule has 0 saturated carbocycles. The van der Waals surface area contributed by atoms with Crippen LogP contribution in [0.5, 0.6) is 0 Å². The molecule has 1 aromatic carbocycles. The number of nitrogens with two attached hydrogens (primary N) is 1. The number of aryl methyl sites for hydroxylation is 1. The highest BCUT2D eigenvalue weighted by molar-refractivity contribution is 5.35. The van der Waals surface area contributed by atoms with Gasteiger partial charge in [-0.25, -0.2) is 13.8 Å². The van der Waals surface area contributed by atoms with Crippen molar-refractivity contribution >= 4 is 5.78 Å². The molecule has 0 radical (unpaired) electrons. The van der Waals surface area contributed by atoms with Gasteiger partial charge in [-0.2, -0.15) is 9.50 Å². The number of halogens is 2. The number of hydrogen-bond donors (Lipinski definition) is 1. The summed E-state index contributed by atoms with van der Waals surface area (Å²) in [6.45, 7) is 3.65. The van der Waals surface area contributed by atoms with Crippen LogP contribution in [0.1, 0.15) is 35.2 Å². The first kappa shape index (κ1) is 17.6. The Morgan fingerprint density at radius 1 is 1.25 bits per heavy atom. The van der Waals surface area contributed by atoms with Crippen molar-refractivity contribution in [2.75, 3.05) is 6.61 Å². The minimum Gasteiger partial charge on any atom is -0.370 e. The molecule has 1 fully saturated rings. The Morgan fingerprint density at radius 2 is 2.11 bits per heavy atom. The lowest BCUT2D eigenvalue weighted by molar-refractivity contribution is -0.0532. The van der Waals surface area contributed by atoms with Gasteiger partial charge in [0.2, 0.25) is 0 Å². The molecule has 2 N–H and O–H groups in total. The maximum atomic E-state index is 14.1. The molecule has 4 heterocycles. The number of rotatable bonds is 2. The van der Waals surface area contributed by atoms with E-state index in [0.717, 1.165) is 29.9 Å². The molecule has 7 nitrogen and oxygen atoms in total. The molecule has 3 aromatic rings. The lowest BCUT2D eigenvalue weighted by Gasteiger charge is -2.38. The molecule has 9 heteroatoms. The molecular weight excluding hydrogens is 366 g/mol. The van der Waals surface area contributed by atoms with Crippen molar-refractivity contribution in [1.29, 1.82) is 0 Å². The van der Waals surface area contributed by atoms with E-state index in [4.69, 9.17) is 10.5 Å². The van der Waals surface area contributed by atoms with Crippen LogP contribution in [0, 0.1) is 18.6 Å². The lowest BCUT2D eigenvalue weighted by atomic mass is 9.93. The lowest BCUT2D eigenvalue weighted by Crippen LogP contribution is -2.47. The van der Waals surface area contributed by atoms with Crippen LogP contribution >= 0.6 is 0 Å². The second-order valence-electron chi connectivity index (χ2n) is 7.48. The van der Waals surface area contributed by atoms with Gasteiger partial charge in [-0.05, 0) is 31.5 Å². The fraction of sp³-hybridized carbons (Fsp3) is 0.421. The number of ether oxygens (including phenoxy) is 1. The average molecular weight is 386 g/mol. The summed E-state index contributed by atoms with van der Waals surface area (Å²) in [5, 5.41) is 4.43. The largest absolute Gasteiger partial charge is 0.370 e. The van der Waals surface area contributed by atoms with Gasteiger partial charge in [0.1, 0.15) is 23.6 Å². The molecule has 0 bridgehead atoms. The predicted octanol–water partition coefficient (Wildman–Crippen LogP) is 1.88. The highest BCUT2D eigenvalue weighted by Gasteiger charge is 2.37. The van der Waals surface area contributed by atoms with Crippen molar-refractivity contribution in [2.24, 2.45) is 5.73 Å². The first-order valence-electron chi connectivity index (χ1n) is 9.26. The van der Waals surface area contributed by atoms with Gasteiger partial charge in [0.25, 0.3) is 5.78 Å². The summed E-state index contributed by atoms with van der Waals surface area (Å²) >= 11 is 0. The van der Waals surface area contributed by atoms with E-state index in [1.54, 1.807) is 4.52 Å². The Labute approximate surface area is 160 Å². The van der Waals surface area contributed by atoms with Gasteiger partial charge in [-0.3, -0.25) is 4.90 Å². The molecule has 146 valence electrons. The molecule has 28 heavy (non-hydrogen) atoms. The van der Waals surface area contributed by atoms with Crippen molar-refractivity contribution in [3.63, 3.8) is 0 Å². The fourth-order valence-corrected chi connectivity index (χ4v) is 4.19. The van der Waals surface area contributed by atoms with Crippen LogP contribution < -0.4 is 5.73 Å². The van der Waals surface area contributed by atoms with E-state index in [2.05, 4.69) is 20.0 Å². The van der Waals surface area contributed by atoms with Crippen LogP contribution in [0.25, 0.3) is 5.78 Å². The zero-order valence-corrected chi connectivity index (χ0v) is 15.3. The quantitative estimate of drug-likeness (QED) is 0.724. The Hall–Kier alpha value is -2.49. The molecule has 2 aliphatic heterocycles. The molecule has 2 aromatic heterocycles. The molecule has 0 aliphatic carbocycles. The first-order valence-corrected chi connectivity index (χ1v) is 9.26. The van der Waals surface area contributed by atoms with Gasteiger partial charge in [0.05, 0.1) is 12.3 Å². The topological polar surface area (TPSA) is 81.6 Å².